The van der Waals surface area contributed by atoms with Crippen molar-refractivity contribution in [2.45, 2.75) is 160 Å². The van der Waals surface area contributed by atoms with E-state index in [1.807, 2.05) is 32.9 Å². The molecule has 10 atom stereocenters. The molecule has 0 radical (unpaired) electrons. The van der Waals surface area contributed by atoms with Crippen LogP contribution in [0.5, 0.6) is 0 Å². The number of rotatable bonds is 4. The van der Waals surface area contributed by atoms with Crippen molar-refractivity contribution in [3.63, 3.8) is 0 Å². The van der Waals surface area contributed by atoms with Crippen LogP contribution < -0.4 is 0 Å². The molecule has 0 unspecified atom stereocenters. The number of allylic oxidation sites excluding steroid dienone is 3. The number of aliphatic hydroxyl groups excluding tert-OH is 2. The zero-order valence-corrected chi connectivity index (χ0v) is 32.3. The number of cyclic esters (lactones) is 1. The van der Waals surface area contributed by atoms with Crippen LogP contribution in [0.1, 0.15) is 112 Å². The minimum absolute atomic E-state index is 0.0575. The van der Waals surface area contributed by atoms with Gasteiger partial charge in [0.25, 0.3) is 11.7 Å². The molecule has 294 valence electrons. The number of amides is 1. The fraction of sp³-hybridized carbons (Fsp3) is 0.800. The maximum absolute atomic E-state index is 14.1. The summed E-state index contributed by atoms with van der Waals surface area (Å²) in [7, 11) is 3.06. The van der Waals surface area contributed by atoms with Crippen molar-refractivity contribution in [2.75, 3.05) is 20.8 Å². The number of ether oxygens (including phenoxy) is 4. The van der Waals surface area contributed by atoms with Crippen LogP contribution in [-0.2, 0) is 38.1 Å². The Kier molecular flexibility index (Phi) is 15.2. The second-order valence-corrected chi connectivity index (χ2v) is 16.1. The molecule has 3 aliphatic heterocycles. The number of hydrogen-bond acceptors (Lipinski definition) is 11. The molecule has 3 fully saturated rings. The van der Waals surface area contributed by atoms with Gasteiger partial charge in [0, 0.05) is 45.4 Å². The molecule has 52 heavy (non-hydrogen) atoms. The van der Waals surface area contributed by atoms with Gasteiger partial charge in [-0.25, -0.2) is 4.79 Å². The second kappa shape index (κ2) is 18.7. The molecule has 2 saturated heterocycles. The molecule has 0 aromatic heterocycles. The van der Waals surface area contributed by atoms with Crippen LogP contribution >= 0.6 is 0 Å². The number of piperidine rings is 1. The van der Waals surface area contributed by atoms with Crippen molar-refractivity contribution in [3.8, 4) is 0 Å². The van der Waals surface area contributed by atoms with Gasteiger partial charge in [0.1, 0.15) is 24.0 Å². The number of methoxy groups -OCH3 is 2. The SMILES string of the molecule is CO[C@H]1C[C@@H](C)C/C(C)=C/CC(=O)C[C@H](O)[C@@H](C)[C@@H](/C(C)=C/C2CCC(O)CC2)OC(=O)[C@@H]2CCCCN2C(=O)C(=O)[C@]2(O)O[C@H]1[C@@H](OC)C[C@H]2C. The summed E-state index contributed by atoms with van der Waals surface area (Å²) < 4.78 is 24.0. The summed E-state index contributed by atoms with van der Waals surface area (Å²) in [6.07, 6.45) is 5.22. The van der Waals surface area contributed by atoms with Crippen molar-refractivity contribution in [1.29, 1.82) is 0 Å². The summed E-state index contributed by atoms with van der Waals surface area (Å²) in [4.78, 5) is 56.7. The minimum atomic E-state index is -2.48. The molecule has 0 spiro atoms. The minimum Gasteiger partial charge on any atom is -0.456 e. The number of ketones is 2. The van der Waals surface area contributed by atoms with Crippen LogP contribution in [0.4, 0.5) is 0 Å². The predicted molar refractivity (Wildman–Crippen MR) is 193 cm³/mol. The molecule has 4 aliphatic rings. The first-order chi connectivity index (χ1) is 24.6. The first-order valence-corrected chi connectivity index (χ1v) is 19.3. The van der Waals surface area contributed by atoms with Gasteiger partial charge >= 0.3 is 5.97 Å². The molecule has 12 nitrogen and oxygen atoms in total. The highest BCUT2D eigenvalue weighted by Gasteiger charge is 2.56. The van der Waals surface area contributed by atoms with Gasteiger partial charge < -0.3 is 39.2 Å². The third kappa shape index (κ3) is 10.2. The zero-order chi connectivity index (χ0) is 38.3. The normalized spacial score (nSPS) is 41.0. The second-order valence-electron chi connectivity index (χ2n) is 16.1. The lowest BCUT2D eigenvalue weighted by Crippen LogP contribution is -2.64. The molecule has 3 N–H and O–H groups in total. The molecule has 12 heteroatoms. The average Bonchev–Trinajstić information content (AvgIpc) is 3.12. The molecule has 2 bridgehead atoms. The number of aliphatic hydroxyl groups is 3. The van der Waals surface area contributed by atoms with Gasteiger partial charge in [0.15, 0.2) is 0 Å². The Balaban J connectivity index is 1.72. The molecule has 1 aliphatic carbocycles. The lowest BCUT2D eigenvalue weighted by molar-refractivity contribution is -0.302. The number of carbonyl (C=O) groups is 4. The molecular weight excluding hydrogens is 670 g/mol. The van der Waals surface area contributed by atoms with Gasteiger partial charge in [-0.1, -0.05) is 38.5 Å². The van der Waals surface area contributed by atoms with Crippen LogP contribution in [-0.4, -0.2) is 113 Å². The third-order valence-corrected chi connectivity index (χ3v) is 11.9. The lowest BCUT2D eigenvalue weighted by Gasteiger charge is -2.47. The van der Waals surface area contributed by atoms with Crippen molar-refractivity contribution < 1.29 is 53.4 Å². The summed E-state index contributed by atoms with van der Waals surface area (Å²) in [5.41, 5.74) is 1.70. The Morgan fingerprint density at radius 3 is 2.25 bits per heavy atom. The summed E-state index contributed by atoms with van der Waals surface area (Å²) >= 11 is 0. The van der Waals surface area contributed by atoms with E-state index in [9.17, 15) is 34.5 Å². The number of esters is 1. The van der Waals surface area contributed by atoms with E-state index >= 15 is 0 Å². The first-order valence-electron chi connectivity index (χ1n) is 19.3. The van der Waals surface area contributed by atoms with Crippen molar-refractivity contribution in [2.24, 2.45) is 23.7 Å². The molecule has 3 heterocycles. The Bertz CT molecular complexity index is 1320. The van der Waals surface area contributed by atoms with Crippen molar-refractivity contribution >= 4 is 23.4 Å². The Hall–Kier alpha value is -2.48. The molecular formula is C40H63NO11. The van der Waals surface area contributed by atoms with E-state index in [1.165, 1.54) is 19.1 Å². The van der Waals surface area contributed by atoms with Crippen molar-refractivity contribution in [1.82, 2.24) is 4.90 Å². The Morgan fingerprint density at radius 2 is 1.60 bits per heavy atom. The van der Waals surface area contributed by atoms with Crippen LogP contribution in [0.3, 0.4) is 0 Å². The quantitative estimate of drug-likeness (QED) is 0.215. The number of hydrogen-bond donors (Lipinski definition) is 3. The van der Waals surface area contributed by atoms with Gasteiger partial charge in [-0.15, -0.1) is 0 Å². The fourth-order valence-corrected chi connectivity index (χ4v) is 8.59. The van der Waals surface area contributed by atoms with Gasteiger partial charge in [-0.3, -0.25) is 14.4 Å². The smallest absolute Gasteiger partial charge is 0.329 e. The number of carbonyl (C=O) groups excluding carboxylic acids is 4. The molecule has 0 aromatic rings. The molecule has 1 saturated carbocycles. The third-order valence-electron chi connectivity index (χ3n) is 11.9. The lowest BCUT2D eigenvalue weighted by atomic mass is 9.82. The summed E-state index contributed by atoms with van der Waals surface area (Å²) in [5, 5.41) is 33.3. The highest BCUT2D eigenvalue weighted by Crippen LogP contribution is 2.39. The van der Waals surface area contributed by atoms with E-state index < -0.39 is 71.8 Å². The van der Waals surface area contributed by atoms with Crippen LogP contribution in [0.15, 0.2) is 23.3 Å². The zero-order valence-electron chi connectivity index (χ0n) is 32.3. The molecule has 0 aromatic carbocycles. The van der Waals surface area contributed by atoms with E-state index in [0.717, 1.165) is 18.4 Å². The van der Waals surface area contributed by atoms with Gasteiger partial charge in [-0.2, -0.15) is 0 Å². The molecule has 4 rings (SSSR count). The topological polar surface area (TPSA) is 169 Å². The number of nitrogens with zero attached hydrogens (tertiary/aromatic N) is 1. The molecule has 1 amide bonds. The van der Waals surface area contributed by atoms with Gasteiger partial charge in [0.2, 0.25) is 5.79 Å². The van der Waals surface area contributed by atoms with Crippen molar-refractivity contribution in [3.05, 3.63) is 23.3 Å². The van der Waals surface area contributed by atoms with Crippen LogP contribution in [0.2, 0.25) is 0 Å². The summed E-state index contributed by atoms with van der Waals surface area (Å²) in [6, 6.07) is -1.10. The standard InChI is InChI=1S/C40H63NO11/c1-23-11-14-30(43)22-32(44)27(5)35(25(3)20-28-12-15-29(42)16-13-28)51-39(47)31-10-8-9-17-41(31)38(46)37(45)40(48)26(4)21-34(50-7)36(52-40)33(49-6)19-24(2)18-23/h11,20,24,26-29,31-36,42,44,48H,8-10,12-19,21-22H2,1-7H3/b23-11+,25-20+/t24-,26+,27+,28?,29?,31-,32-,33-,34-,35+,36+,40+/m0/s1. The predicted octanol–water partition coefficient (Wildman–Crippen LogP) is 4.21. The first kappa shape index (κ1) is 42.3. The summed E-state index contributed by atoms with van der Waals surface area (Å²) in [5.74, 6) is -6.79. The monoisotopic (exact) mass is 733 g/mol. The highest BCUT2D eigenvalue weighted by molar-refractivity contribution is 6.39. The van der Waals surface area contributed by atoms with E-state index in [2.05, 4.69) is 0 Å². The average molecular weight is 734 g/mol. The van der Waals surface area contributed by atoms with E-state index in [0.29, 0.717) is 44.1 Å². The largest absolute Gasteiger partial charge is 0.456 e. The van der Waals surface area contributed by atoms with E-state index in [4.69, 9.17) is 18.9 Å². The van der Waals surface area contributed by atoms with Crippen LogP contribution in [0.25, 0.3) is 0 Å². The summed E-state index contributed by atoms with van der Waals surface area (Å²) in [6.45, 7) is 9.32. The number of fused-ring (bicyclic) bond motifs is 3. The van der Waals surface area contributed by atoms with Gasteiger partial charge in [0.05, 0.1) is 24.4 Å². The van der Waals surface area contributed by atoms with Gasteiger partial charge in [-0.05, 0) is 95.5 Å². The number of Topliss-reactive ketones (excluding diaryl/α,β-unsaturated/α-hetero) is 2. The van der Waals surface area contributed by atoms with Crippen LogP contribution in [0, 0.1) is 23.7 Å². The van der Waals surface area contributed by atoms with E-state index in [1.54, 1.807) is 13.8 Å². The fourth-order valence-electron chi connectivity index (χ4n) is 8.59. The Labute approximate surface area is 309 Å². The highest BCUT2D eigenvalue weighted by atomic mass is 16.7. The maximum Gasteiger partial charge on any atom is 0.329 e. The Morgan fingerprint density at radius 1 is 0.942 bits per heavy atom. The van der Waals surface area contributed by atoms with E-state index in [-0.39, 0.29) is 56.0 Å². The maximum atomic E-state index is 14.1.